The molecule has 0 saturated heterocycles. The Bertz CT molecular complexity index is 1010. The van der Waals surface area contributed by atoms with Gasteiger partial charge in [0, 0.05) is 19.9 Å². The average Bonchev–Trinajstić information content (AvgIpc) is 2.73. The zero-order chi connectivity index (χ0) is 23.7. The van der Waals surface area contributed by atoms with Crippen molar-refractivity contribution in [3.05, 3.63) is 58.6 Å². The van der Waals surface area contributed by atoms with Crippen LogP contribution in [0.4, 0.5) is 10.5 Å². The van der Waals surface area contributed by atoms with Crippen LogP contribution in [-0.2, 0) is 16.0 Å². The molecule has 2 rings (SSSR count). The molecule has 4 N–H and O–H groups in total. The summed E-state index contributed by atoms with van der Waals surface area (Å²) in [4.78, 5) is 47.6. The van der Waals surface area contributed by atoms with E-state index in [1.165, 1.54) is 31.2 Å². The van der Waals surface area contributed by atoms with Gasteiger partial charge in [0.15, 0.2) is 5.75 Å². The molecule has 2 aromatic rings. The Labute approximate surface area is 190 Å². The molecule has 0 fully saturated rings. The van der Waals surface area contributed by atoms with Gasteiger partial charge in [-0.2, -0.15) is 0 Å². The number of nitrogens with one attached hydrogen (secondary N) is 3. The van der Waals surface area contributed by atoms with Gasteiger partial charge < -0.3 is 25.8 Å². The molecule has 0 saturated carbocycles. The van der Waals surface area contributed by atoms with Gasteiger partial charge in [-0.25, -0.2) is 9.59 Å². The molecule has 9 nitrogen and oxygen atoms in total. The molecule has 0 aliphatic rings. The van der Waals surface area contributed by atoms with Gasteiger partial charge in [0.25, 0.3) is 5.91 Å². The molecule has 1 atom stereocenters. The van der Waals surface area contributed by atoms with Crippen molar-refractivity contribution in [2.24, 2.45) is 0 Å². The molecule has 10 heteroatoms. The Morgan fingerprint density at radius 3 is 2.47 bits per heavy atom. The lowest BCUT2D eigenvalue weighted by Crippen LogP contribution is -2.42. The Morgan fingerprint density at radius 1 is 1.12 bits per heavy atom. The first-order valence-electron chi connectivity index (χ1n) is 9.85. The van der Waals surface area contributed by atoms with E-state index in [0.717, 1.165) is 6.42 Å². The number of hydrogen-bond donors (Lipinski definition) is 4. The minimum absolute atomic E-state index is 0.0829. The summed E-state index contributed by atoms with van der Waals surface area (Å²) in [5.41, 5.74) is 0.839. The quantitative estimate of drug-likeness (QED) is 0.453. The van der Waals surface area contributed by atoms with Crippen molar-refractivity contribution in [2.45, 2.75) is 32.7 Å². The highest BCUT2D eigenvalue weighted by molar-refractivity contribution is 6.33. The van der Waals surface area contributed by atoms with Gasteiger partial charge in [0.05, 0.1) is 16.3 Å². The summed E-state index contributed by atoms with van der Waals surface area (Å²) in [6.07, 6.45) is -0.0367. The first-order valence-corrected chi connectivity index (χ1v) is 10.2. The fourth-order valence-electron chi connectivity index (χ4n) is 2.76. The van der Waals surface area contributed by atoms with Crippen LogP contribution in [-0.4, -0.2) is 41.6 Å². The molecular weight excluding hydrogens is 438 g/mol. The zero-order valence-electron chi connectivity index (χ0n) is 17.6. The maximum absolute atomic E-state index is 12.5. The number of halogens is 1. The number of ether oxygens (including phenoxy) is 1. The predicted octanol–water partition coefficient (Wildman–Crippen LogP) is 3.22. The minimum atomic E-state index is -1.26. The summed E-state index contributed by atoms with van der Waals surface area (Å²) in [6.45, 7) is 3.61. The second kappa shape index (κ2) is 11.7. The van der Waals surface area contributed by atoms with E-state index in [4.69, 9.17) is 16.3 Å². The average molecular weight is 462 g/mol. The Kier molecular flexibility index (Phi) is 9.03. The van der Waals surface area contributed by atoms with Gasteiger partial charge in [-0.15, -0.1) is 0 Å². The normalized spacial score (nSPS) is 11.2. The Hall–Kier alpha value is -3.59. The van der Waals surface area contributed by atoms with Crippen LogP contribution in [0.15, 0.2) is 42.5 Å². The van der Waals surface area contributed by atoms with E-state index in [2.05, 4.69) is 16.0 Å². The van der Waals surface area contributed by atoms with Crippen molar-refractivity contribution in [3.8, 4) is 5.75 Å². The third-order valence-corrected chi connectivity index (χ3v) is 4.57. The number of rotatable bonds is 9. The van der Waals surface area contributed by atoms with Gasteiger partial charge in [0.1, 0.15) is 6.04 Å². The number of carboxylic acid groups (broad SMARTS) is 1. The standard InChI is InChI=1S/C22H24ClN3O6/c1-3-10-24-22(31)32-19-9-8-14(11-17(19)25-13(2)27)12-18(21(29)30)26-20(28)15-6-4-5-7-16(15)23/h4-9,11,18H,3,10,12H2,1-2H3,(H,24,31)(H,25,27)(H,26,28)(H,29,30)/t18-/m0/s1. The second-order valence-corrected chi connectivity index (χ2v) is 7.28. The lowest BCUT2D eigenvalue weighted by atomic mass is 10.0. The van der Waals surface area contributed by atoms with Crippen molar-refractivity contribution in [1.29, 1.82) is 0 Å². The van der Waals surface area contributed by atoms with Gasteiger partial charge in [-0.05, 0) is 36.2 Å². The van der Waals surface area contributed by atoms with E-state index in [0.29, 0.717) is 12.1 Å². The lowest BCUT2D eigenvalue weighted by molar-refractivity contribution is -0.139. The van der Waals surface area contributed by atoms with E-state index in [9.17, 15) is 24.3 Å². The third-order valence-electron chi connectivity index (χ3n) is 4.24. The first-order chi connectivity index (χ1) is 15.2. The Balaban J connectivity index is 2.21. The SMILES string of the molecule is CCCNC(=O)Oc1ccc(C[C@H](NC(=O)c2ccccc2Cl)C(=O)O)cc1NC(C)=O. The predicted molar refractivity (Wildman–Crippen MR) is 119 cm³/mol. The number of anilines is 1. The minimum Gasteiger partial charge on any atom is -0.480 e. The number of carbonyl (C=O) groups is 4. The number of hydrogen-bond acceptors (Lipinski definition) is 5. The summed E-state index contributed by atoms with van der Waals surface area (Å²) in [7, 11) is 0. The molecule has 0 bridgehead atoms. The molecule has 0 unspecified atom stereocenters. The number of carboxylic acids is 1. The largest absolute Gasteiger partial charge is 0.480 e. The molecule has 2 aromatic carbocycles. The van der Waals surface area contributed by atoms with Gasteiger partial charge >= 0.3 is 12.1 Å². The van der Waals surface area contributed by atoms with Crippen molar-refractivity contribution in [1.82, 2.24) is 10.6 Å². The molecule has 0 aromatic heterocycles. The molecular formula is C22H24ClN3O6. The number of carbonyl (C=O) groups excluding carboxylic acids is 3. The topological polar surface area (TPSA) is 134 Å². The maximum Gasteiger partial charge on any atom is 0.412 e. The third kappa shape index (κ3) is 7.28. The molecule has 0 radical (unpaired) electrons. The monoisotopic (exact) mass is 461 g/mol. The highest BCUT2D eigenvalue weighted by Gasteiger charge is 2.23. The first kappa shape index (κ1) is 24.7. The van der Waals surface area contributed by atoms with Crippen molar-refractivity contribution >= 4 is 41.2 Å². The highest BCUT2D eigenvalue weighted by atomic mass is 35.5. The summed E-state index contributed by atoms with van der Waals surface area (Å²) < 4.78 is 5.23. The molecule has 0 aliphatic heterocycles. The summed E-state index contributed by atoms with van der Waals surface area (Å²) in [5.74, 6) is -2.17. The molecule has 3 amide bonds. The fourth-order valence-corrected chi connectivity index (χ4v) is 2.98. The molecule has 0 spiro atoms. The summed E-state index contributed by atoms with van der Waals surface area (Å²) in [6, 6.07) is 9.51. The van der Waals surface area contributed by atoms with Crippen LogP contribution < -0.4 is 20.7 Å². The second-order valence-electron chi connectivity index (χ2n) is 6.88. The van der Waals surface area contributed by atoms with Crippen LogP contribution >= 0.6 is 11.6 Å². The zero-order valence-corrected chi connectivity index (χ0v) is 18.4. The van der Waals surface area contributed by atoms with Gasteiger partial charge in [-0.3, -0.25) is 9.59 Å². The van der Waals surface area contributed by atoms with E-state index in [1.807, 2.05) is 6.92 Å². The van der Waals surface area contributed by atoms with Gasteiger partial charge in [0.2, 0.25) is 5.91 Å². The van der Waals surface area contributed by atoms with E-state index in [1.54, 1.807) is 18.2 Å². The van der Waals surface area contributed by atoms with Crippen LogP contribution in [0.2, 0.25) is 5.02 Å². The number of aliphatic carboxylic acids is 1. The molecule has 0 heterocycles. The molecule has 32 heavy (non-hydrogen) atoms. The van der Waals surface area contributed by atoms with E-state index >= 15 is 0 Å². The van der Waals surface area contributed by atoms with Crippen LogP contribution in [0.25, 0.3) is 0 Å². The van der Waals surface area contributed by atoms with Crippen LogP contribution in [0, 0.1) is 0 Å². The highest BCUT2D eigenvalue weighted by Crippen LogP contribution is 2.27. The fraction of sp³-hybridized carbons (Fsp3) is 0.273. The molecule has 0 aliphatic carbocycles. The lowest BCUT2D eigenvalue weighted by Gasteiger charge is -2.17. The van der Waals surface area contributed by atoms with E-state index in [-0.39, 0.29) is 28.4 Å². The van der Waals surface area contributed by atoms with Crippen LogP contribution in [0.3, 0.4) is 0 Å². The van der Waals surface area contributed by atoms with Crippen LogP contribution in [0.5, 0.6) is 5.75 Å². The maximum atomic E-state index is 12.5. The summed E-state index contributed by atoms with van der Waals surface area (Å²) >= 11 is 6.01. The van der Waals surface area contributed by atoms with Crippen molar-refractivity contribution in [2.75, 3.05) is 11.9 Å². The van der Waals surface area contributed by atoms with E-state index < -0.39 is 29.9 Å². The van der Waals surface area contributed by atoms with Crippen molar-refractivity contribution in [3.63, 3.8) is 0 Å². The van der Waals surface area contributed by atoms with Crippen molar-refractivity contribution < 1.29 is 29.0 Å². The number of benzene rings is 2. The Morgan fingerprint density at radius 2 is 1.84 bits per heavy atom. The smallest absolute Gasteiger partial charge is 0.412 e. The molecule has 170 valence electrons. The summed E-state index contributed by atoms with van der Waals surface area (Å²) in [5, 5.41) is 17.3. The number of amides is 3. The van der Waals surface area contributed by atoms with Gasteiger partial charge in [-0.1, -0.05) is 36.7 Å². The van der Waals surface area contributed by atoms with Crippen LogP contribution in [0.1, 0.15) is 36.2 Å².